The predicted octanol–water partition coefficient (Wildman–Crippen LogP) is 1.63. The molecule has 18 heavy (non-hydrogen) atoms. The molecule has 2 rings (SSSR count). The van der Waals surface area contributed by atoms with Crippen molar-refractivity contribution in [3.05, 3.63) is 0 Å². The van der Waals surface area contributed by atoms with E-state index >= 15 is 0 Å². The number of likely N-dealkylation sites (tertiary alicyclic amines) is 2. The molecule has 2 fully saturated rings. The standard InChI is InChI=1S/C13H22N2O3/c1-10-4-7-14(8-10)12(18)15-6-3-5-13(2,9-15)11(16)17/h10H,3-9H2,1-2H3,(H,16,17). The molecule has 2 amide bonds. The number of amides is 2. The lowest BCUT2D eigenvalue weighted by atomic mass is 9.82. The first-order valence-corrected chi connectivity index (χ1v) is 6.69. The number of rotatable bonds is 1. The van der Waals surface area contributed by atoms with E-state index in [0.29, 0.717) is 25.4 Å². The molecule has 2 heterocycles. The molecule has 102 valence electrons. The summed E-state index contributed by atoms with van der Waals surface area (Å²) in [7, 11) is 0. The molecule has 0 bridgehead atoms. The molecule has 5 nitrogen and oxygen atoms in total. The number of piperidine rings is 1. The number of carboxylic acid groups (broad SMARTS) is 1. The van der Waals surface area contributed by atoms with Crippen molar-refractivity contribution in [1.29, 1.82) is 0 Å². The summed E-state index contributed by atoms with van der Waals surface area (Å²) >= 11 is 0. The molecule has 2 saturated heterocycles. The fourth-order valence-corrected chi connectivity index (χ4v) is 2.89. The van der Waals surface area contributed by atoms with Gasteiger partial charge in [-0.15, -0.1) is 0 Å². The molecule has 0 spiro atoms. The zero-order chi connectivity index (χ0) is 13.3. The van der Waals surface area contributed by atoms with Gasteiger partial charge >= 0.3 is 12.0 Å². The highest BCUT2D eigenvalue weighted by molar-refractivity contribution is 5.78. The van der Waals surface area contributed by atoms with Gasteiger partial charge in [-0.25, -0.2) is 4.79 Å². The molecule has 2 aliphatic heterocycles. The number of aliphatic carboxylic acids is 1. The molecule has 0 aromatic carbocycles. The van der Waals surface area contributed by atoms with Crippen molar-refractivity contribution in [1.82, 2.24) is 9.80 Å². The number of carboxylic acids is 1. The lowest BCUT2D eigenvalue weighted by Crippen LogP contribution is -2.52. The zero-order valence-electron chi connectivity index (χ0n) is 11.2. The molecule has 2 atom stereocenters. The van der Waals surface area contributed by atoms with Crippen molar-refractivity contribution in [3.8, 4) is 0 Å². The van der Waals surface area contributed by atoms with Gasteiger partial charge in [0.1, 0.15) is 0 Å². The van der Waals surface area contributed by atoms with Crippen molar-refractivity contribution >= 4 is 12.0 Å². The molecule has 0 aliphatic carbocycles. The summed E-state index contributed by atoms with van der Waals surface area (Å²) in [6, 6.07) is 0.0199. The molecule has 5 heteroatoms. The van der Waals surface area contributed by atoms with Gasteiger partial charge in [-0.1, -0.05) is 6.92 Å². The molecule has 0 aromatic rings. The molecule has 2 aliphatic rings. The van der Waals surface area contributed by atoms with Crippen molar-refractivity contribution in [2.24, 2.45) is 11.3 Å². The van der Waals surface area contributed by atoms with Gasteiger partial charge in [0.15, 0.2) is 0 Å². The van der Waals surface area contributed by atoms with Gasteiger partial charge in [0, 0.05) is 26.2 Å². The Balaban J connectivity index is 2.00. The van der Waals surface area contributed by atoms with Crippen LogP contribution >= 0.6 is 0 Å². The molecular formula is C13H22N2O3. The number of nitrogens with zero attached hydrogens (tertiary/aromatic N) is 2. The molecule has 0 radical (unpaired) electrons. The Hall–Kier alpha value is -1.26. The predicted molar refractivity (Wildman–Crippen MR) is 67.3 cm³/mol. The van der Waals surface area contributed by atoms with E-state index in [0.717, 1.165) is 25.9 Å². The van der Waals surface area contributed by atoms with E-state index in [9.17, 15) is 14.7 Å². The van der Waals surface area contributed by atoms with E-state index in [1.807, 2.05) is 4.90 Å². The van der Waals surface area contributed by atoms with Gasteiger partial charge in [-0.2, -0.15) is 0 Å². The van der Waals surface area contributed by atoms with Gasteiger partial charge in [0.05, 0.1) is 5.41 Å². The second-order valence-electron chi connectivity index (χ2n) is 6.01. The van der Waals surface area contributed by atoms with E-state index in [4.69, 9.17) is 0 Å². The van der Waals surface area contributed by atoms with Crippen LogP contribution in [-0.2, 0) is 4.79 Å². The maximum Gasteiger partial charge on any atom is 0.320 e. The van der Waals surface area contributed by atoms with E-state index in [1.165, 1.54) is 0 Å². The summed E-state index contributed by atoms with van der Waals surface area (Å²) in [6.07, 6.45) is 2.48. The summed E-state index contributed by atoms with van der Waals surface area (Å²) in [5, 5.41) is 9.25. The summed E-state index contributed by atoms with van der Waals surface area (Å²) in [5.41, 5.74) is -0.779. The largest absolute Gasteiger partial charge is 0.481 e. The Morgan fingerprint density at radius 1 is 1.28 bits per heavy atom. The van der Waals surface area contributed by atoms with E-state index < -0.39 is 11.4 Å². The van der Waals surface area contributed by atoms with Crippen LogP contribution in [0.2, 0.25) is 0 Å². The number of carbonyl (C=O) groups is 2. The minimum absolute atomic E-state index is 0.0199. The first kappa shape index (κ1) is 13.2. The third kappa shape index (κ3) is 2.44. The first-order valence-electron chi connectivity index (χ1n) is 6.69. The number of urea groups is 1. The van der Waals surface area contributed by atoms with E-state index in [2.05, 4.69) is 6.92 Å². The summed E-state index contributed by atoms with van der Waals surface area (Å²) in [4.78, 5) is 27.2. The highest BCUT2D eigenvalue weighted by Gasteiger charge is 2.40. The first-order chi connectivity index (χ1) is 8.42. The van der Waals surface area contributed by atoms with Crippen LogP contribution in [0.5, 0.6) is 0 Å². The number of carbonyl (C=O) groups excluding carboxylic acids is 1. The SMILES string of the molecule is CC1CCN(C(=O)N2CCCC(C)(C(=O)O)C2)C1. The highest BCUT2D eigenvalue weighted by atomic mass is 16.4. The van der Waals surface area contributed by atoms with Crippen molar-refractivity contribution in [3.63, 3.8) is 0 Å². The quantitative estimate of drug-likeness (QED) is 0.773. The maximum absolute atomic E-state index is 12.3. The van der Waals surface area contributed by atoms with E-state index in [1.54, 1.807) is 11.8 Å². The minimum Gasteiger partial charge on any atom is -0.481 e. The van der Waals surface area contributed by atoms with E-state index in [-0.39, 0.29) is 6.03 Å². The van der Waals surface area contributed by atoms with Gasteiger partial charge in [-0.05, 0) is 32.1 Å². The summed E-state index contributed by atoms with van der Waals surface area (Å²) in [5.74, 6) is -0.237. The third-order valence-corrected chi connectivity index (χ3v) is 4.18. The normalized spacial score (nSPS) is 32.7. The van der Waals surface area contributed by atoms with Crippen LogP contribution in [0.1, 0.15) is 33.1 Å². The minimum atomic E-state index is -0.796. The molecule has 1 N–H and O–H groups in total. The topological polar surface area (TPSA) is 60.9 Å². The summed E-state index contributed by atoms with van der Waals surface area (Å²) in [6.45, 7) is 6.52. The Kier molecular flexibility index (Phi) is 3.50. The van der Waals surface area contributed by atoms with Gasteiger partial charge < -0.3 is 14.9 Å². The third-order valence-electron chi connectivity index (χ3n) is 4.18. The van der Waals surface area contributed by atoms with Crippen LogP contribution in [0.25, 0.3) is 0 Å². The Morgan fingerprint density at radius 3 is 2.56 bits per heavy atom. The summed E-state index contributed by atoms with van der Waals surface area (Å²) < 4.78 is 0. The van der Waals surface area contributed by atoms with Gasteiger partial charge in [0.2, 0.25) is 0 Å². The average Bonchev–Trinajstić information content (AvgIpc) is 2.75. The second-order valence-corrected chi connectivity index (χ2v) is 6.01. The fourth-order valence-electron chi connectivity index (χ4n) is 2.89. The van der Waals surface area contributed by atoms with Gasteiger partial charge in [0.25, 0.3) is 0 Å². The Labute approximate surface area is 108 Å². The fraction of sp³-hybridized carbons (Fsp3) is 0.846. The number of hydrogen-bond acceptors (Lipinski definition) is 2. The zero-order valence-corrected chi connectivity index (χ0v) is 11.2. The van der Waals surface area contributed by atoms with Crippen molar-refractivity contribution < 1.29 is 14.7 Å². The average molecular weight is 254 g/mol. The monoisotopic (exact) mass is 254 g/mol. The molecule has 2 unspecified atom stereocenters. The Morgan fingerprint density at radius 2 is 2.00 bits per heavy atom. The lowest BCUT2D eigenvalue weighted by molar-refractivity contribution is -0.150. The van der Waals surface area contributed by atoms with Crippen LogP contribution in [-0.4, -0.2) is 53.1 Å². The molecule has 0 saturated carbocycles. The van der Waals surface area contributed by atoms with Crippen LogP contribution < -0.4 is 0 Å². The maximum atomic E-state index is 12.3. The van der Waals surface area contributed by atoms with Gasteiger partial charge in [-0.3, -0.25) is 4.79 Å². The van der Waals surface area contributed by atoms with Crippen LogP contribution in [0.15, 0.2) is 0 Å². The van der Waals surface area contributed by atoms with Crippen LogP contribution in [0, 0.1) is 11.3 Å². The molecular weight excluding hydrogens is 232 g/mol. The Bertz CT molecular complexity index is 358. The smallest absolute Gasteiger partial charge is 0.320 e. The van der Waals surface area contributed by atoms with Crippen molar-refractivity contribution in [2.75, 3.05) is 26.2 Å². The van der Waals surface area contributed by atoms with Crippen molar-refractivity contribution in [2.45, 2.75) is 33.1 Å². The highest BCUT2D eigenvalue weighted by Crippen LogP contribution is 2.30. The lowest BCUT2D eigenvalue weighted by Gasteiger charge is -2.39. The van der Waals surface area contributed by atoms with Crippen LogP contribution in [0.3, 0.4) is 0 Å². The second kappa shape index (κ2) is 4.78. The number of hydrogen-bond donors (Lipinski definition) is 1. The molecule has 0 aromatic heterocycles. The van der Waals surface area contributed by atoms with Crippen LogP contribution in [0.4, 0.5) is 4.79 Å².